The lowest BCUT2D eigenvalue weighted by molar-refractivity contribution is -0.146. The molecule has 0 aliphatic heterocycles. The lowest BCUT2D eigenvalue weighted by Gasteiger charge is -2.42. The monoisotopic (exact) mass is 606 g/mol. The van der Waals surface area contributed by atoms with Crippen molar-refractivity contribution in [3.8, 4) is 0 Å². The topological polar surface area (TPSA) is 98.7 Å². The number of hydrogen-bond acceptors (Lipinski definition) is 4. The summed E-state index contributed by atoms with van der Waals surface area (Å²) in [5.41, 5.74) is -2.04. The molecule has 2 saturated carbocycles. The quantitative estimate of drug-likeness (QED) is 0.157. The van der Waals surface area contributed by atoms with Gasteiger partial charge in [-0.15, -0.1) is 0 Å². The Bertz CT molecular complexity index is 1550. The second-order valence-corrected chi connectivity index (χ2v) is 13.9. The minimum Gasteiger partial charge on any atom is -0.387 e. The van der Waals surface area contributed by atoms with Gasteiger partial charge in [0, 0.05) is 0 Å². The fourth-order valence-electron chi connectivity index (χ4n) is 7.64. The predicted octanol–water partition coefficient (Wildman–Crippen LogP) is 7.42. The summed E-state index contributed by atoms with van der Waals surface area (Å²) in [5, 5.41) is 34.5. The standard InChI is InChI=1S/C39H46N2O4/c1-37(2,35(42)40-33(38(44)23-9-3-10-24-38)31-21-13-17-27-15-5-7-19-29(27)31)36(43)41-34(39(45)25-11-4-12-26-39)32-22-14-18-28-16-6-8-20-30(28)32/h5-8,13-22,33-34,44-45H,3-4,9-12,23-26H2,1-2H3,(H,40,42)(H,41,43). The molecule has 6 heteroatoms. The number of carbonyl (C=O) groups excluding carboxylic acids is 2. The molecule has 0 spiro atoms. The third kappa shape index (κ3) is 6.10. The molecule has 0 bridgehead atoms. The van der Waals surface area contributed by atoms with E-state index in [1.807, 2.05) is 84.9 Å². The largest absolute Gasteiger partial charge is 0.387 e. The minimum absolute atomic E-state index is 0.454. The Labute approximate surface area is 266 Å². The lowest BCUT2D eigenvalue weighted by atomic mass is 9.75. The number of carbonyl (C=O) groups is 2. The summed E-state index contributed by atoms with van der Waals surface area (Å²) in [6, 6.07) is 26.6. The van der Waals surface area contributed by atoms with Gasteiger partial charge in [0.25, 0.3) is 0 Å². The highest BCUT2D eigenvalue weighted by atomic mass is 16.3. The predicted molar refractivity (Wildman–Crippen MR) is 180 cm³/mol. The molecule has 236 valence electrons. The van der Waals surface area contributed by atoms with E-state index in [1.165, 1.54) is 0 Å². The number of fused-ring (bicyclic) bond motifs is 2. The number of rotatable bonds is 8. The van der Waals surface area contributed by atoms with E-state index < -0.39 is 40.5 Å². The van der Waals surface area contributed by atoms with Gasteiger partial charge in [-0.1, -0.05) is 123 Å². The average Bonchev–Trinajstić information content (AvgIpc) is 3.06. The molecule has 2 fully saturated rings. The fraction of sp³-hybridized carbons (Fsp3) is 0.436. The van der Waals surface area contributed by atoms with Gasteiger partial charge < -0.3 is 20.8 Å². The molecular formula is C39H46N2O4. The molecule has 0 radical (unpaired) electrons. The van der Waals surface area contributed by atoms with Gasteiger partial charge in [-0.2, -0.15) is 0 Å². The average molecular weight is 607 g/mol. The van der Waals surface area contributed by atoms with Crippen LogP contribution in [0.4, 0.5) is 0 Å². The molecule has 2 unspecified atom stereocenters. The van der Waals surface area contributed by atoms with E-state index >= 15 is 0 Å². The first-order chi connectivity index (χ1) is 21.6. The summed E-state index contributed by atoms with van der Waals surface area (Å²) in [7, 11) is 0. The van der Waals surface area contributed by atoms with E-state index in [0.717, 1.165) is 71.2 Å². The van der Waals surface area contributed by atoms with Crippen molar-refractivity contribution in [2.75, 3.05) is 0 Å². The first kappa shape index (κ1) is 31.3. The Morgan fingerprint density at radius 2 is 0.933 bits per heavy atom. The summed E-state index contributed by atoms with van der Waals surface area (Å²) in [6.07, 6.45) is 7.90. The van der Waals surface area contributed by atoms with Crippen molar-refractivity contribution in [1.82, 2.24) is 10.6 Å². The van der Waals surface area contributed by atoms with E-state index in [4.69, 9.17) is 0 Å². The molecule has 2 aliphatic carbocycles. The van der Waals surface area contributed by atoms with Crippen LogP contribution < -0.4 is 10.6 Å². The molecule has 2 atom stereocenters. The van der Waals surface area contributed by atoms with E-state index in [-0.39, 0.29) is 0 Å². The van der Waals surface area contributed by atoms with E-state index in [9.17, 15) is 19.8 Å². The molecule has 4 aromatic carbocycles. The van der Waals surface area contributed by atoms with Crippen LogP contribution in [0.5, 0.6) is 0 Å². The van der Waals surface area contributed by atoms with Gasteiger partial charge in [0.05, 0.1) is 23.3 Å². The zero-order chi connectivity index (χ0) is 31.7. The van der Waals surface area contributed by atoms with Gasteiger partial charge in [-0.05, 0) is 72.2 Å². The highest BCUT2D eigenvalue weighted by Gasteiger charge is 2.47. The smallest absolute Gasteiger partial charge is 0.235 e. The molecular weight excluding hydrogens is 560 g/mol. The fourth-order valence-corrected chi connectivity index (χ4v) is 7.64. The van der Waals surface area contributed by atoms with Gasteiger partial charge in [0.15, 0.2) is 0 Å². The molecule has 0 heterocycles. The lowest BCUT2D eigenvalue weighted by Crippen LogP contribution is -2.56. The first-order valence-corrected chi connectivity index (χ1v) is 16.6. The molecule has 6 nitrogen and oxygen atoms in total. The van der Waals surface area contributed by atoms with Crippen molar-refractivity contribution >= 4 is 33.4 Å². The third-order valence-corrected chi connectivity index (χ3v) is 10.5. The Kier molecular flexibility index (Phi) is 8.73. The Hall–Kier alpha value is -3.74. The zero-order valence-electron chi connectivity index (χ0n) is 26.5. The van der Waals surface area contributed by atoms with Crippen molar-refractivity contribution in [3.05, 3.63) is 96.1 Å². The maximum atomic E-state index is 14.3. The van der Waals surface area contributed by atoms with E-state index in [1.54, 1.807) is 13.8 Å². The molecule has 45 heavy (non-hydrogen) atoms. The van der Waals surface area contributed by atoms with Crippen molar-refractivity contribution in [2.45, 2.75) is 101 Å². The highest BCUT2D eigenvalue weighted by Crippen LogP contribution is 2.43. The van der Waals surface area contributed by atoms with Crippen LogP contribution in [0.1, 0.15) is 101 Å². The van der Waals surface area contributed by atoms with Crippen molar-refractivity contribution in [2.24, 2.45) is 5.41 Å². The second kappa shape index (κ2) is 12.6. The maximum absolute atomic E-state index is 14.3. The zero-order valence-corrected chi connectivity index (χ0v) is 26.5. The van der Waals surface area contributed by atoms with Gasteiger partial charge in [-0.3, -0.25) is 9.59 Å². The van der Waals surface area contributed by atoms with Crippen LogP contribution in [0.15, 0.2) is 84.9 Å². The number of benzene rings is 4. The van der Waals surface area contributed by atoms with Gasteiger partial charge in [0.1, 0.15) is 5.41 Å². The van der Waals surface area contributed by atoms with Crippen LogP contribution in [0.2, 0.25) is 0 Å². The molecule has 2 amide bonds. The summed E-state index contributed by atoms with van der Waals surface area (Å²) < 4.78 is 0. The van der Waals surface area contributed by atoms with Crippen LogP contribution >= 0.6 is 0 Å². The second-order valence-electron chi connectivity index (χ2n) is 13.9. The number of hydrogen-bond donors (Lipinski definition) is 4. The van der Waals surface area contributed by atoms with Crippen LogP contribution in [-0.2, 0) is 9.59 Å². The Balaban J connectivity index is 1.33. The minimum atomic E-state index is -1.48. The normalized spacial score (nSPS) is 19.5. The van der Waals surface area contributed by atoms with Crippen molar-refractivity contribution in [3.63, 3.8) is 0 Å². The summed E-state index contributed by atoms with van der Waals surface area (Å²) in [4.78, 5) is 28.5. The maximum Gasteiger partial charge on any atom is 0.235 e. The van der Waals surface area contributed by atoms with Crippen molar-refractivity contribution in [1.29, 1.82) is 0 Å². The SMILES string of the molecule is CC(C)(C(=O)NC(c1cccc2ccccc12)C1(O)CCCCC1)C(=O)NC(c1cccc2ccccc12)C1(O)CCCCC1. The molecule has 0 aromatic heterocycles. The number of nitrogens with one attached hydrogen (secondary N) is 2. The number of amides is 2. The van der Waals surface area contributed by atoms with E-state index in [0.29, 0.717) is 25.7 Å². The molecule has 6 rings (SSSR count). The molecule has 4 aromatic rings. The molecule has 2 aliphatic rings. The molecule has 4 N–H and O–H groups in total. The van der Waals surface area contributed by atoms with Crippen molar-refractivity contribution < 1.29 is 19.8 Å². The van der Waals surface area contributed by atoms with Crippen LogP contribution in [0.3, 0.4) is 0 Å². The Morgan fingerprint density at radius 1 is 0.578 bits per heavy atom. The summed E-state index contributed by atoms with van der Waals surface area (Å²) in [6.45, 7) is 3.27. The third-order valence-electron chi connectivity index (χ3n) is 10.5. The van der Waals surface area contributed by atoms with E-state index in [2.05, 4.69) is 10.6 Å². The molecule has 0 saturated heterocycles. The van der Waals surface area contributed by atoms with Crippen LogP contribution in [0.25, 0.3) is 21.5 Å². The number of aliphatic hydroxyl groups is 2. The Morgan fingerprint density at radius 3 is 1.33 bits per heavy atom. The van der Waals surface area contributed by atoms with Gasteiger partial charge >= 0.3 is 0 Å². The highest BCUT2D eigenvalue weighted by molar-refractivity contribution is 6.05. The van der Waals surface area contributed by atoms with Crippen LogP contribution in [-0.4, -0.2) is 33.2 Å². The van der Waals surface area contributed by atoms with Gasteiger partial charge in [0.2, 0.25) is 11.8 Å². The van der Waals surface area contributed by atoms with Gasteiger partial charge in [-0.25, -0.2) is 0 Å². The summed E-state index contributed by atoms with van der Waals surface area (Å²) in [5.74, 6) is -0.909. The summed E-state index contributed by atoms with van der Waals surface area (Å²) >= 11 is 0. The van der Waals surface area contributed by atoms with Crippen LogP contribution in [0, 0.1) is 5.41 Å². The first-order valence-electron chi connectivity index (χ1n) is 16.6.